The van der Waals surface area contributed by atoms with Crippen molar-refractivity contribution in [1.29, 1.82) is 0 Å². The molecule has 4 rings (SSSR count). The van der Waals surface area contributed by atoms with E-state index >= 15 is 0 Å². The summed E-state index contributed by atoms with van der Waals surface area (Å²) in [5.41, 5.74) is 0.312. The minimum atomic E-state index is -1.29. The Bertz CT molecular complexity index is 2110. The number of hydrogen-bond donors (Lipinski definition) is 9. The van der Waals surface area contributed by atoms with Crippen molar-refractivity contribution < 1.29 is 63.2 Å². The van der Waals surface area contributed by atoms with Crippen LogP contribution >= 0.6 is 23.5 Å². The summed E-state index contributed by atoms with van der Waals surface area (Å²) in [6.07, 6.45) is 3.18. The van der Waals surface area contributed by atoms with E-state index in [0.29, 0.717) is 62.6 Å². The molecule has 1 aromatic rings. The Balaban J connectivity index is 1.39. The molecule has 6 amide bonds. The number of aliphatic carboxylic acids is 3. The highest BCUT2D eigenvalue weighted by molar-refractivity contribution is 7.98. The molecule has 0 saturated carbocycles. The van der Waals surface area contributed by atoms with Crippen molar-refractivity contribution in [1.82, 2.24) is 56.5 Å². The second kappa shape index (κ2) is 34.8. The van der Waals surface area contributed by atoms with Gasteiger partial charge in [0, 0.05) is 121 Å². The zero-order valence-corrected chi connectivity index (χ0v) is 47.5. The minimum absolute atomic E-state index is 0.0108. The smallest absolute Gasteiger partial charge is 0.317 e. The number of amides is 6. The molecule has 4 atom stereocenters. The van der Waals surface area contributed by atoms with Gasteiger partial charge in [-0.1, -0.05) is 40.2 Å². The number of aromatic nitrogens is 1. The van der Waals surface area contributed by atoms with E-state index in [1.54, 1.807) is 26.5 Å². The van der Waals surface area contributed by atoms with E-state index < -0.39 is 65.2 Å². The van der Waals surface area contributed by atoms with Crippen LogP contribution in [0.1, 0.15) is 90.4 Å². The molecule has 0 radical (unpaired) electrons. The number of carbonyl (C=O) groups excluding carboxylic acids is 6. The second-order valence-corrected chi connectivity index (χ2v) is 22.9. The predicted molar refractivity (Wildman–Crippen MR) is 295 cm³/mol. The lowest BCUT2D eigenvalue weighted by Crippen LogP contribution is -2.65. The molecule has 3 aliphatic heterocycles. The lowest BCUT2D eigenvalue weighted by molar-refractivity contribution is -0.140. The first-order valence-corrected chi connectivity index (χ1v) is 29.6. The van der Waals surface area contributed by atoms with Crippen molar-refractivity contribution in [3.05, 3.63) is 29.6 Å². The lowest BCUT2D eigenvalue weighted by atomic mass is 9.87. The van der Waals surface area contributed by atoms with Gasteiger partial charge < -0.3 is 52.0 Å². The fourth-order valence-electron chi connectivity index (χ4n) is 9.20. The first-order chi connectivity index (χ1) is 37.2. The fourth-order valence-corrected chi connectivity index (χ4v) is 11.0. The minimum Gasteiger partial charge on any atom is -0.480 e. The Morgan fingerprint density at radius 3 is 1.77 bits per heavy atom. The summed E-state index contributed by atoms with van der Waals surface area (Å²) in [5.74, 6) is -4.40. The molecule has 26 heteroatoms. The van der Waals surface area contributed by atoms with Gasteiger partial charge in [-0.25, -0.2) is 0 Å². The SMILES string of the molecule is CC[C@H](C)[C@@H]1NC(=O)[C@H](CC(C)C)NC(=O)C2(CCOCC2)NC(=O)CCSCc2cccc(n2)CSC[C@@H](C(=O)NCCCCCNC(=O)CN2CCN(CC(=O)O)CCN(CC(=O)O)CCN(CC(=O)O)CC2)NC1=O. The average Bonchev–Trinajstić information content (AvgIpc) is 3.38. The van der Waals surface area contributed by atoms with Crippen LogP contribution in [0.25, 0.3) is 0 Å². The van der Waals surface area contributed by atoms with Gasteiger partial charge >= 0.3 is 17.9 Å². The molecule has 1 aromatic heterocycles. The van der Waals surface area contributed by atoms with Crippen molar-refractivity contribution in [3.8, 4) is 0 Å². The van der Waals surface area contributed by atoms with Crippen LogP contribution in [0.4, 0.5) is 0 Å². The number of hydrogen-bond acceptors (Lipinski definition) is 17. The molecule has 4 heterocycles. The number of thioether (sulfide) groups is 2. The molecule has 2 saturated heterocycles. The molecular weight excluding hydrogens is 1050 g/mol. The van der Waals surface area contributed by atoms with Crippen LogP contribution in [0.2, 0.25) is 0 Å². The number of nitrogens with one attached hydrogen (secondary N) is 6. The number of pyridine rings is 1. The number of unbranched alkanes of at least 4 members (excludes halogenated alkanes) is 2. The number of carboxylic acids is 3. The highest BCUT2D eigenvalue weighted by atomic mass is 32.2. The van der Waals surface area contributed by atoms with Crippen molar-refractivity contribution in [2.75, 3.05) is 116 Å². The summed E-state index contributed by atoms with van der Waals surface area (Å²) in [7, 11) is 0. The Morgan fingerprint density at radius 1 is 0.718 bits per heavy atom. The number of nitrogens with zero attached hydrogens (tertiary/aromatic N) is 5. The van der Waals surface area contributed by atoms with E-state index in [-0.39, 0.29) is 140 Å². The van der Waals surface area contributed by atoms with Gasteiger partial charge in [-0.15, -0.1) is 0 Å². The van der Waals surface area contributed by atoms with Gasteiger partial charge in [0.05, 0.1) is 37.6 Å². The van der Waals surface area contributed by atoms with E-state index in [2.05, 4.69) is 31.9 Å². The maximum absolute atomic E-state index is 14.3. The number of fused-ring (bicyclic) bond motifs is 2. The summed E-state index contributed by atoms with van der Waals surface area (Å²) in [4.78, 5) is 130. The van der Waals surface area contributed by atoms with Crippen molar-refractivity contribution >= 4 is 76.9 Å². The first kappa shape index (κ1) is 65.4. The third-order valence-corrected chi connectivity index (χ3v) is 15.9. The third kappa shape index (κ3) is 24.5. The van der Waals surface area contributed by atoms with E-state index in [1.807, 2.05) is 50.8 Å². The van der Waals surface area contributed by atoms with Crippen LogP contribution < -0.4 is 31.9 Å². The Hall–Kier alpha value is -5.12. The van der Waals surface area contributed by atoms with Gasteiger partial charge in [-0.05, 0) is 49.7 Å². The average molecular weight is 1140 g/mol. The molecule has 2 bridgehead atoms. The van der Waals surface area contributed by atoms with Gasteiger partial charge in [0.1, 0.15) is 23.7 Å². The highest BCUT2D eigenvalue weighted by Gasteiger charge is 2.43. The van der Waals surface area contributed by atoms with Crippen LogP contribution in [0, 0.1) is 11.8 Å². The van der Waals surface area contributed by atoms with E-state index in [4.69, 9.17) is 9.72 Å². The normalized spacial score (nSPS) is 22.4. The third-order valence-electron chi connectivity index (χ3n) is 13.9. The van der Waals surface area contributed by atoms with Gasteiger partial charge in [-0.3, -0.25) is 67.7 Å². The quantitative estimate of drug-likeness (QED) is 0.0826. The number of rotatable bonds is 19. The zero-order chi connectivity index (χ0) is 57.0. The summed E-state index contributed by atoms with van der Waals surface area (Å²) in [5, 5.41) is 46.2. The van der Waals surface area contributed by atoms with E-state index in [1.165, 1.54) is 11.8 Å². The second-order valence-electron chi connectivity index (χ2n) is 20.8. The highest BCUT2D eigenvalue weighted by Crippen LogP contribution is 2.24. The van der Waals surface area contributed by atoms with Crippen LogP contribution in [0.3, 0.4) is 0 Å². The summed E-state index contributed by atoms with van der Waals surface area (Å²) in [6, 6.07) is 2.62. The Kier molecular flexibility index (Phi) is 29.2. The van der Waals surface area contributed by atoms with Crippen molar-refractivity contribution in [2.45, 2.75) is 114 Å². The molecule has 1 spiro atoms. The molecule has 2 fully saturated rings. The first-order valence-electron chi connectivity index (χ1n) is 27.3. The molecule has 78 heavy (non-hydrogen) atoms. The molecule has 3 aliphatic rings. The van der Waals surface area contributed by atoms with E-state index in [9.17, 15) is 58.5 Å². The predicted octanol–water partition coefficient (Wildman–Crippen LogP) is 0.0418. The lowest BCUT2D eigenvalue weighted by Gasteiger charge is -2.38. The van der Waals surface area contributed by atoms with Gasteiger partial charge in [-0.2, -0.15) is 23.5 Å². The number of ether oxygens (including phenoxy) is 1. The maximum Gasteiger partial charge on any atom is 0.317 e. The Morgan fingerprint density at radius 2 is 1.24 bits per heavy atom. The van der Waals surface area contributed by atoms with Crippen LogP contribution in [-0.4, -0.2) is 233 Å². The molecule has 0 aliphatic carbocycles. The summed E-state index contributed by atoms with van der Waals surface area (Å²) in [6.45, 7) is 10.1. The monoisotopic (exact) mass is 1140 g/mol. The topological polar surface area (TPSA) is 322 Å². The van der Waals surface area contributed by atoms with E-state index in [0.717, 1.165) is 11.4 Å². The standard InChI is InChI=1S/C52H85N11O13S2/c1-5-37(4)47-50(74)56-41(35-78-34-39-11-9-10-38(55-39)33-77-27-12-42(64)59-52(13-25-76-26-14-52)51(75)57-40(28-36(2)3)49(73)58-47)48(72)54-16-8-6-7-15-53-43(65)29-60-17-19-61(30-44(66)67)21-23-63(32-46(70)71)24-22-62(20-18-60)31-45(68)69/h9-11,36-37,40-41,47H,5-8,12-35H2,1-4H3,(H,53,65)(H,54,72)(H,56,74)(H,57,75)(H,58,73)(H,59,64)(H,66,67)(H,68,69)(H,70,71)/t37-,40-,41-,47-/m0/s1. The van der Waals surface area contributed by atoms with Gasteiger partial charge in [0.25, 0.3) is 0 Å². The number of carbonyl (C=O) groups is 9. The molecule has 0 aromatic carbocycles. The molecule has 0 unspecified atom stereocenters. The van der Waals surface area contributed by atoms with Crippen molar-refractivity contribution in [3.63, 3.8) is 0 Å². The van der Waals surface area contributed by atoms with Crippen molar-refractivity contribution in [2.24, 2.45) is 11.8 Å². The molecule has 9 N–H and O–H groups in total. The zero-order valence-electron chi connectivity index (χ0n) is 45.9. The molecule has 438 valence electrons. The summed E-state index contributed by atoms with van der Waals surface area (Å²) >= 11 is 2.97. The number of carboxylic acid groups (broad SMARTS) is 3. The Labute approximate surface area is 466 Å². The fraction of sp³-hybridized carbons (Fsp3) is 0.731. The van der Waals surface area contributed by atoms with Crippen LogP contribution in [0.15, 0.2) is 18.2 Å². The molecular formula is C52H85N11O13S2. The van der Waals surface area contributed by atoms with Crippen LogP contribution in [0.5, 0.6) is 0 Å². The summed E-state index contributed by atoms with van der Waals surface area (Å²) < 4.78 is 5.58. The van der Waals surface area contributed by atoms with Gasteiger partial charge in [0.15, 0.2) is 0 Å². The van der Waals surface area contributed by atoms with Crippen LogP contribution in [-0.2, 0) is 59.4 Å². The molecule has 24 nitrogen and oxygen atoms in total. The largest absolute Gasteiger partial charge is 0.480 e. The maximum atomic E-state index is 14.3. The van der Waals surface area contributed by atoms with Gasteiger partial charge in [0.2, 0.25) is 35.4 Å².